The quantitative estimate of drug-likeness (QED) is 0.579. The van der Waals surface area contributed by atoms with Crippen molar-refractivity contribution >= 4 is 22.8 Å². The highest BCUT2D eigenvalue weighted by Crippen LogP contribution is 2.18. The Hall–Kier alpha value is -1.13. The number of rotatable bonds is 7. The van der Waals surface area contributed by atoms with Gasteiger partial charge >= 0.3 is 0 Å². The van der Waals surface area contributed by atoms with Crippen LogP contribution in [0.15, 0.2) is 12.3 Å². The molecule has 2 aromatic rings. The number of alkyl halides is 1. The average molecular weight is 282 g/mol. The van der Waals surface area contributed by atoms with Crippen LogP contribution < -0.4 is 0 Å². The lowest BCUT2D eigenvalue weighted by atomic mass is 10.2. The molecule has 0 aromatic carbocycles. The normalized spacial score (nSPS) is 11.3. The van der Waals surface area contributed by atoms with Crippen LogP contribution in [0.1, 0.15) is 24.2 Å². The summed E-state index contributed by atoms with van der Waals surface area (Å²) in [7, 11) is 1.73. The van der Waals surface area contributed by atoms with Crippen molar-refractivity contribution in [3.8, 4) is 0 Å². The maximum Gasteiger partial charge on any atom is 0.160 e. The van der Waals surface area contributed by atoms with Gasteiger partial charge in [-0.2, -0.15) is 0 Å². The summed E-state index contributed by atoms with van der Waals surface area (Å²) in [6, 6.07) is 2.00. The number of ether oxygens (including phenoxy) is 1. The second-order valence-electron chi connectivity index (χ2n) is 4.62. The van der Waals surface area contributed by atoms with Gasteiger partial charge < -0.3 is 9.30 Å². The van der Waals surface area contributed by atoms with E-state index in [0.717, 1.165) is 55.0 Å². The molecule has 0 saturated carbocycles. The van der Waals surface area contributed by atoms with Crippen molar-refractivity contribution in [1.82, 2.24) is 14.5 Å². The molecule has 0 atom stereocenters. The number of nitrogens with zero attached hydrogens (tertiary/aromatic N) is 3. The number of hydrogen-bond acceptors (Lipinski definition) is 3. The lowest BCUT2D eigenvalue weighted by Crippen LogP contribution is -2.06. The predicted octanol–water partition coefficient (Wildman–Crippen LogP) is 2.95. The minimum Gasteiger partial charge on any atom is -0.385 e. The zero-order valence-electron chi connectivity index (χ0n) is 11.5. The van der Waals surface area contributed by atoms with Crippen LogP contribution in [0.4, 0.5) is 0 Å². The highest BCUT2D eigenvalue weighted by molar-refractivity contribution is 6.17. The predicted molar refractivity (Wildman–Crippen MR) is 77.8 cm³/mol. The molecule has 0 amide bonds. The van der Waals surface area contributed by atoms with Crippen molar-refractivity contribution in [2.75, 3.05) is 19.6 Å². The maximum absolute atomic E-state index is 5.87. The van der Waals surface area contributed by atoms with Crippen LogP contribution in [0.3, 0.4) is 0 Å². The van der Waals surface area contributed by atoms with Gasteiger partial charge in [0.25, 0.3) is 0 Å². The summed E-state index contributed by atoms with van der Waals surface area (Å²) in [5.41, 5.74) is 3.13. The van der Waals surface area contributed by atoms with E-state index >= 15 is 0 Å². The lowest BCUT2D eigenvalue weighted by molar-refractivity contribution is 0.191. The van der Waals surface area contributed by atoms with E-state index < -0.39 is 0 Å². The molecule has 0 aliphatic rings. The number of aromatic nitrogens is 3. The Morgan fingerprint density at radius 3 is 2.95 bits per heavy atom. The number of unbranched alkanes of at least 4 members (excludes halogenated alkanes) is 1. The Morgan fingerprint density at radius 1 is 1.37 bits per heavy atom. The number of halogens is 1. The lowest BCUT2D eigenvalue weighted by Gasteiger charge is -2.07. The zero-order chi connectivity index (χ0) is 13.7. The number of methoxy groups -OCH3 is 1. The molecule has 0 spiro atoms. The molecule has 2 rings (SSSR count). The zero-order valence-corrected chi connectivity index (χ0v) is 12.3. The van der Waals surface area contributed by atoms with Crippen molar-refractivity contribution in [3.05, 3.63) is 23.7 Å². The van der Waals surface area contributed by atoms with Gasteiger partial charge in [0.1, 0.15) is 11.3 Å². The SMILES string of the molecule is COCCCCn1c(CCCl)nc2c(C)ccnc21. The largest absolute Gasteiger partial charge is 0.385 e. The molecule has 19 heavy (non-hydrogen) atoms. The molecular weight excluding hydrogens is 262 g/mol. The van der Waals surface area contributed by atoms with Gasteiger partial charge in [0, 0.05) is 38.8 Å². The van der Waals surface area contributed by atoms with E-state index in [2.05, 4.69) is 21.5 Å². The maximum atomic E-state index is 5.87. The second kappa shape index (κ2) is 6.87. The van der Waals surface area contributed by atoms with Crippen LogP contribution in [-0.4, -0.2) is 34.1 Å². The van der Waals surface area contributed by atoms with Gasteiger partial charge in [-0.15, -0.1) is 11.6 Å². The van der Waals surface area contributed by atoms with Crippen molar-refractivity contribution < 1.29 is 4.74 Å². The monoisotopic (exact) mass is 281 g/mol. The first kappa shape index (κ1) is 14.3. The van der Waals surface area contributed by atoms with E-state index in [1.807, 2.05) is 12.3 Å². The summed E-state index contributed by atoms with van der Waals surface area (Å²) >= 11 is 5.87. The van der Waals surface area contributed by atoms with Crippen molar-refractivity contribution in [2.24, 2.45) is 0 Å². The molecule has 4 nitrogen and oxygen atoms in total. The molecule has 2 heterocycles. The molecular formula is C14H20ClN3O. The van der Waals surface area contributed by atoms with Crippen LogP contribution in [0.5, 0.6) is 0 Å². The molecule has 0 bridgehead atoms. The molecule has 0 N–H and O–H groups in total. The van der Waals surface area contributed by atoms with Crippen molar-refractivity contribution in [2.45, 2.75) is 32.7 Å². The van der Waals surface area contributed by atoms with Crippen LogP contribution in [0, 0.1) is 6.92 Å². The summed E-state index contributed by atoms with van der Waals surface area (Å²) in [5.74, 6) is 1.62. The van der Waals surface area contributed by atoms with Gasteiger partial charge in [-0.25, -0.2) is 9.97 Å². The minimum absolute atomic E-state index is 0.584. The number of aryl methyl sites for hydroxylation is 3. The third kappa shape index (κ3) is 3.25. The fourth-order valence-electron chi connectivity index (χ4n) is 2.21. The van der Waals surface area contributed by atoms with Gasteiger partial charge in [-0.05, 0) is 31.4 Å². The van der Waals surface area contributed by atoms with Gasteiger partial charge in [-0.3, -0.25) is 0 Å². The molecule has 0 saturated heterocycles. The Bertz CT molecular complexity index is 539. The van der Waals surface area contributed by atoms with E-state index in [9.17, 15) is 0 Å². The topological polar surface area (TPSA) is 39.9 Å². The van der Waals surface area contributed by atoms with E-state index in [-0.39, 0.29) is 0 Å². The van der Waals surface area contributed by atoms with Gasteiger partial charge in [0.05, 0.1) is 0 Å². The van der Waals surface area contributed by atoms with Gasteiger partial charge in [-0.1, -0.05) is 0 Å². The van der Waals surface area contributed by atoms with E-state index in [1.54, 1.807) is 7.11 Å². The molecule has 0 unspecified atom stereocenters. The number of imidazole rings is 1. The van der Waals surface area contributed by atoms with Crippen LogP contribution in [0.2, 0.25) is 0 Å². The summed E-state index contributed by atoms with van der Waals surface area (Å²) in [4.78, 5) is 9.16. The van der Waals surface area contributed by atoms with Crippen LogP contribution in [-0.2, 0) is 17.7 Å². The van der Waals surface area contributed by atoms with Crippen LogP contribution >= 0.6 is 11.6 Å². The molecule has 2 aromatic heterocycles. The molecule has 0 aliphatic heterocycles. The Labute approximate surface area is 118 Å². The van der Waals surface area contributed by atoms with Gasteiger partial charge in [0.2, 0.25) is 0 Å². The molecule has 0 radical (unpaired) electrons. The summed E-state index contributed by atoms with van der Waals surface area (Å²) < 4.78 is 7.28. The molecule has 0 aliphatic carbocycles. The molecule has 5 heteroatoms. The Kier molecular flexibility index (Phi) is 5.16. The number of pyridine rings is 1. The van der Waals surface area contributed by atoms with E-state index in [1.165, 1.54) is 0 Å². The highest BCUT2D eigenvalue weighted by atomic mass is 35.5. The second-order valence-corrected chi connectivity index (χ2v) is 5.00. The highest BCUT2D eigenvalue weighted by Gasteiger charge is 2.12. The summed E-state index contributed by atoms with van der Waals surface area (Å²) in [6.07, 6.45) is 4.73. The third-order valence-electron chi connectivity index (χ3n) is 3.21. The third-order valence-corrected chi connectivity index (χ3v) is 3.40. The van der Waals surface area contributed by atoms with Crippen molar-refractivity contribution in [1.29, 1.82) is 0 Å². The fourth-order valence-corrected chi connectivity index (χ4v) is 2.38. The average Bonchev–Trinajstić information content (AvgIpc) is 2.75. The standard InChI is InChI=1S/C14H20ClN3O/c1-11-6-8-16-14-13(11)17-12(5-7-15)18(14)9-3-4-10-19-2/h6,8H,3-5,7,9-10H2,1-2H3. The van der Waals surface area contributed by atoms with Crippen molar-refractivity contribution in [3.63, 3.8) is 0 Å². The first-order valence-electron chi connectivity index (χ1n) is 6.63. The fraction of sp³-hybridized carbons (Fsp3) is 0.571. The molecule has 104 valence electrons. The number of fused-ring (bicyclic) bond motifs is 1. The first-order valence-corrected chi connectivity index (χ1v) is 7.17. The van der Waals surface area contributed by atoms with E-state index in [0.29, 0.717) is 5.88 Å². The summed E-state index contributed by atoms with van der Waals surface area (Å²) in [5, 5.41) is 0. The Balaban J connectivity index is 2.27. The Morgan fingerprint density at radius 2 is 2.21 bits per heavy atom. The smallest absolute Gasteiger partial charge is 0.160 e. The minimum atomic E-state index is 0.584. The number of hydrogen-bond donors (Lipinski definition) is 0. The van der Waals surface area contributed by atoms with Gasteiger partial charge in [0.15, 0.2) is 5.65 Å². The summed E-state index contributed by atoms with van der Waals surface area (Å²) in [6.45, 7) is 3.78. The first-order chi connectivity index (χ1) is 9.27. The molecule has 0 fully saturated rings. The van der Waals surface area contributed by atoms with E-state index in [4.69, 9.17) is 16.3 Å². The van der Waals surface area contributed by atoms with Crippen LogP contribution in [0.25, 0.3) is 11.2 Å².